The predicted molar refractivity (Wildman–Crippen MR) is 74.0 cm³/mol. The third kappa shape index (κ3) is 2.30. The van der Waals surface area contributed by atoms with E-state index >= 15 is 0 Å². The molecular formula is C15H19ClO3. The normalized spacial score (nSPS) is 22.3. The number of aliphatic hydroxyl groups is 1. The summed E-state index contributed by atoms with van der Waals surface area (Å²) in [6, 6.07) is 3.60. The lowest BCUT2D eigenvalue weighted by Gasteiger charge is -2.31. The van der Waals surface area contributed by atoms with E-state index in [0.29, 0.717) is 29.7 Å². The molecule has 1 heterocycles. The Labute approximate surface area is 118 Å². The average Bonchev–Trinajstić information content (AvgIpc) is 2.85. The predicted octanol–water partition coefficient (Wildman–Crippen LogP) is 3.72. The molecule has 4 heteroatoms. The van der Waals surface area contributed by atoms with Crippen molar-refractivity contribution in [3.05, 3.63) is 22.7 Å². The number of halogens is 1. The summed E-state index contributed by atoms with van der Waals surface area (Å²) in [7, 11) is 0. The number of benzene rings is 1. The minimum Gasteiger partial charge on any atom is -0.486 e. The third-order valence-corrected chi connectivity index (χ3v) is 4.69. The Hall–Kier alpha value is -0.930. The molecule has 0 bridgehead atoms. The molecule has 0 amide bonds. The lowest BCUT2D eigenvalue weighted by molar-refractivity contribution is 0.0404. The summed E-state index contributed by atoms with van der Waals surface area (Å²) in [6.45, 7) is 3.22. The van der Waals surface area contributed by atoms with Gasteiger partial charge in [0.1, 0.15) is 13.2 Å². The van der Waals surface area contributed by atoms with Crippen LogP contribution in [0.25, 0.3) is 0 Å². The fraction of sp³-hybridized carbons (Fsp3) is 0.600. The Balaban J connectivity index is 1.95. The molecule has 1 unspecified atom stereocenters. The van der Waals surface area contributed by atoms with E-state index in [-0.39, 0.29) is 5.41 Å². The first-order chi connectivity index (χ1) is 9.10. The van der Waals surface area contributed by atoms with Crippen LogP contribution < -0.4 is 9.47 Å². The Kier molecular flexibility index (Phi) is 3.35. The maximum Gasteiger partial charge on any atom is 0.162 e. The van der Waals surface area contributed by atoms with Gasteiger partial charge in [0.2, 0.25) is 0 Å². The SMILES string of the molecule is CC1(C(O)c2cc3c(cc2Cl)OCCO3)CCCC1. The van der Waals surface area contributed by atoms with Crippen molar-refractivity contribution in [2.75, 3.05) is 13.2 Å². The molecule has 0 saturated heterocycles. The van der Waals surface area contributed by atoms with Crippen LogP contribution in [0.1, 0.15) is 44.3 Å². The van der Waals surface area contributed by atoms with E-state index in [1.165, 1.54) is 12.8 Å². The molecule has 1 N–H and O–H groups in total. The van der Waals surface area contributed by atoms with Crippen LogP contribution in [-0.2, 0) is 0 Å². The lowest BCUT2D eigenvalue weighted by atomic mass is 9.79. The zero-order valence-electron chi connectivity index (χ0n) is 11.1. The minimum absolute atomic E-state index is 0.0760. The van der Waals surface area contributed by atoms with Gasteiger partial charge >= 0.3 is 0 Å². The minimum atomic E-state index is -0.543. The molecule has 1 aromatic rings. The van der Waals surface area contributed by atoms with E-state index in [2.05, 4.69) is 6.92 Å². The fourth-order valence-corrected chi connectivity index (χ4v) is 3.38. The first-order valence-electron chi connectivity index (χ1n) is 6.87. The van der Waals surface area contributed by atoms with Crippen LogP contribution in [0.2, 0.25) is 5.02 Å². The van der Waals surface area contributed by atoms with Crippen LogP contribution in [0.4, 0.5) is 0 Å². The summed E-state index contributed by atoms with van der Waals surface area (Å²) >= 11 is 6.30. The van der Waals surface area contributed by atoms with E-state index < -0.39 is 6.10 Å². The lowest BCUT2D eigenvalue weighted by Crippen LogP contribution is -2.23. The second-order valence-corrected chi connectivity index (χ2v) is 6.19. The van der Waals surface area contributed by atoms with Gasteiger partial charge in [-0.25, -0.2) is 0 Å². The van der Waals surface area contributed by atoms with Crippen molar-refractivity contribution in [2.45, 2.75) is 38.7 Å². The molecule has 0 aromatic heterocycles. The molecule has 1 aliphatic carbocycles. The van der Waals surface area contributed by atoms with Crippen LogP contribution >= 0.6 is 11.6 Å². The van der Waals surface area contributed by atoms with Crippen LogP contribution in [-0.4, -0.2) is 18.3 Å². The van der Waals surface area contributed by atoms with Gasteiger partial charge in [0, 0.05) is 11.6 Å². The molecule has 2 aliphatic rings. The highest BCUT2D eigenvalue weighted by atomic mass is 35.5. The number of aliphatic hydroxyl groups excluding tert-OH is 1. The van der Waals surface area contributed by atoms with Crippen molar-refractivity contribution in [1.29, 1.82) is 0 Å². The average molecular weight is 283 g/mol. The number of ether oxygens (including phenoxy) is 2. The smallest absolute Gasteiger partial charge is 0.162 e. The van der Waals surface area contributed by atoms with Crippen molar-refractivity contribution in [3.8, 4) is 11.5 Å². The van der Waals surface area contributed by atoms with Crippen molar-refractivity contribution in [1.82, 2.24) is 0 Å². The molecule has 1 saturated carbocycles. The van der Waals surface area contributed by atoms with Crippen molar-refractivity contribution in [3.63, 3.8) is 0 Å². The molecule has 0 spiro atoms. The van der Waals surface area contributed by atoms with Crippen LogP contribution in [0, 0.1) is 5.41 Å². The van der Waals surface area contributed by atoms with Gasteiger partial charge in [-0.2, -0.15) is 0 Å². The van der Waals surface area contributed by atoms with Gasteiger partial charge in [-0.3, -0.25) is 0 Å². The highest BCUT2D eigenvalue weighted by Gasteiger charge is 2.38. The zero-order chi connectivity index (χ0) is 13.5. The summed E-state index contributed by atoms with van der Waals surface area (Å²) in [5.74, 6) is 1.36. The Morgan fingerprint density at radius 1 is 1.16 bits per heavy atom. The van der Waals surface area contributed by atoms with E-state index in [4.69, 9.17) is 21.1 Å². The summed E-state index contributed by atoms with van der Waals surface area (Å²) in [4.78, 5) is 0. The molecule has 19 heavy (non-hydrogen) atoms. The molecular weight excluding hydrogens is 264 g/mol. The molecule has 3 nitrogen and oxygen atoms in total. The van der Waals surface area contributed by atoms with Gasteiger partial charge in [-0.15, -0.1) is 0 Å². The monoisotopic (exact) mass is 282 g/mol. The highest BCUT2D eigenvalue weighted by Crippen LogP contribution is 2.50. The molecule has 1 aromatic carbocycles. The molecule has 0 radical (unpaired) electrons. The van der Waals surface area contributed by atoms with Crippen molar-refractivity contribution in [2.24, 2.45) is 5.41 Å². The first kappa shape index (κ1) is 13.1. The molecule has 1 fully saturated rings. The van der Waals surface area contributed by atoms with Gasteiger partial charge < -0.3 is 14.6 Å². The first-order valence-corrected chi connectivity index (χ1v) is 7.25. The van der Waals surface area contributed by atoms with Gasteiger partial charge in [0.05, 0.1) is 11.1 Å². The van der Waals surface area contributed by atoms with Crippen molar-refractivity contribution >= 4 is 11.6 Å². The Morgan fingerprint density at radius 3 is 2.37 bits per heavy atom. The van der Waals surface area contributed by atoms with E-state index in [1.54, 1.807) is 6.07 Å². The summed E-state index contributed by atoms with van der Waals surface area (Å²) < 4.78 is 11.1. The Morgan fingerprint density at radius 2 is 1.74 bits per heavy atom. The standard InChI is InChI=1S/C15H19ClO3/c1-15(4-2-3-5-15)14(17)10-8-12-13(9-11(10)16)19-7-6-18-12/h8-9,14,17H,2-7H2,1H3. The number of hydrogen-bond donors (Lipinski definition) is 1. The van der Waals surface area contributed by atoms with Crippen LogP contribution in [0.5, 0.6) is 11.5 Å². The second-order valence-electron chi connectivity index (χ2n) is 5.78. The third-order valence-electron chi connectivity index (χ3n) is 4.36. The summed E-state index contributed by atoms with van der Waals surface area (Å²) in [5.41, 5.74) is 0.684. The van der Waals surface area contributed by atoms with Gasteiger partial charge in [-0.05, 0) is 24.3 Å². The largest absolute Gasteiger partial charge is 0.486 e. The van der Waals surface area contributed by atoms with Crippen molar-refractivity contribution < 1.29 is 14.6 Å². The maximum absolute atomic E-state index is 10.7. The number of fused-ring (bicyclic) bond motifs is 1. The maximum atomic E-state index is 10.7. The molecule has 3 rings (SSSR count). The van der Waals surface area contributed by atoms with Gasteiger partial charge in [0.15, 0.2) is 11.5 Å². The highest BCUT2D eigenvalue weighted by molar-refractivity contribution is 6.31. The van der Waals surface area contributed by atoms with Crippen LogP contribution in [0.15, 0.2) is 12.1 Å². The van der Waals surface area contributed by atoms with Crippen LogP contribution in [0.3, 0.4) is 0 Å². The summed E-state index contributed by atoms with van der Waals surface area (Å²) in [6.07, 6.45) is 3.89. The number of hydrogen-bond acceptors (Lipinski definition) is 3. The zero-order valence-corrected chi connectivity index (χ0v) is 11.9. The quantitative estimate of drug-likeness (QED) is 0.898. The Bertz CT molecular complexity index is 481. The van der Waals surface area contributed by atoms with E-state index in [0.717, 1.165) is 18.4 Å². The topological polar surface area (TPSA) is 38.7 Å². The van der Waals surface area contributed by atoms with E-state index in [1.807, 2.05) is 6.07 Å². The molecule has 1 aliphatic heterocycles. The van der Waals surface area contributed by atoms with E-state index in [9.17, 15) is 5.11 Å². The number of rotatable bonds is 2. The second kappa shape index (κ2) is 4.88. The fourth-order valence-electron chi connectivity index (χ4n) is 3.12. The molecule has 104 valence electrons. The van der Waals surface area contributed by atoms with Gasteiger partial charge in [0.25, 0.3) is 0 Å². The summed E-state index contributed by atoms with van der Waals surface area (Å²) in [5, 5.41) is 11.2. The molecule has 1 atom stereocenters. The van der Waals surface area contributed by atoms with Gasteiger partial charge in [-0.1, -0.05) is 31.4 Å².